The van der Waals surface area contributed by atoms with Crippen molar-refractivity contribution in [2.24, 2.45) is 5.14 Å². The zero-order valence-corrected chi connectivity index (χ0v) is 6.27. The van der Waals surface area contributed by atoms with Crippen LogP contribution < -0.4 is 5.14 Å². The molecule has 0 fully saturated rings. The van der Waals surface area contributed by atoms with Crippen molar-refractivity contribution in [1.29, 1.82) is 0 Å². The fourth-order valence-corrected chi connectivity index (χ4v) is 0.253. The van der Waals surface area contributed by atoms with E-state index in [1.807, 2.05) is 0 Å². The van der Waals surface area contributed by atoms with Crippen LogP contribution in [-0.2, 0) is 10.3 Å². The average molecular weight is 177 g/mol. The molecular weight excluding hydrogens is 170 g/mol. The number of aromatic nitrogens is 2. The van der Waals surface area contributed by atoms with E-state index in [1.165, 1.54) is 6.33 Å². The second-order valence-corrected chi connectivity index (χ2v) is 2.45. The summed E-state index contributed by atoms with van der Waals surface area (Å²) in [6, 6.07) is 1.78. The Morgan fingerprint density at radius 3 is 1.73 bits per heavy atom. The SMILES string of the molecule is NS(=O)(=O)O.c1cncnc1. The maximum atomic E-state index is 8.97. The van der Waals surface area contributed by atoms with E-state index >= 15 is 0 Å². The van der Waals surface area contributed by atoms with Crippen molar-refractivity contribution >= 4 is 10.3 Å². The highest BCUT2D eigenvalue weighted by atomic mass is 32.2. The van der Waals surface area contributed by atoms with Crippen molar-refractivity contribution in [3.63, 3.8) is 0 Å². The van der Waals surface area contributed by atoms with Crippen LogP contribution in [0.5, 0.6) is 0 Å². The Morgan fingerprint density at radius 1 is 1.27 bits per heavy atom. The van der Waals surface area contributed by atoms with Crippen LogP contribution in [0.1, 0.15) is 0 Å². The van der Waals surface area contributed by atoms with E-state index in [9.17, 15) is 0 Å². The molecule has 0 aromatic carbocycles. The summed E-state index contributed by atoms with van der Waals surface area (Å²) in [5, 5.41) is 3.88. The van der Waals surface area contributed by atoms with Crippen molar-refractivity contribution in [2.45, 2.75) is 0 Å². The molecule has 62 valence electrons. The van der Waals surface area contributed by atoms with E-state index in [0.29, 0.717) is 0 Å². The van der Waals surface area contributed by atoms with Gasteiger partial charge in [-0.1, -0.05) is 0 Å². The smallest absolute Gasteiger partial charge is 0.274 e. The number of nitrogens with zero attached hydrogens (tertiary/aromatic N) is 2. The van der Waals surface area contributed by atoms with Gasteiger partial charge in [0.05, 0.1) is 0 Å². The maximum Gasteiger partial charge on any atom is 0.330 e. The first-order chi connectivity index (χ1) is 5.00. The van der Waals surface area contributed by atoms with Crippen LogP contribution in [0, 0.1) is 0 Å². The van der Waals surface area contributed by atoms with Gasteiger partial charge in [0.1, 0.15) is 6.33 Å². The first-order valence-electron chi connectivity index (χ1n) is 2.45. The van der Waals surface area contributed by atoms with Gasteiger partial charge < -0.3 is 0 Å². The summed E-state index contributed by atoms with van der Waals surface area (Å²) in [4.78, 5) is 7.35. The van der Waals surface area contributed by atoms with Gasteiger partial charge in [-0.2, -0.15) is 8.42 Å². The van der Waals surface area contributed by atoms with Crippen LogP contribution in [0.25, 0.3) is 0 Å². The van der Waals surface area contributed by atoms with Gasteiger partial charge in [-0.15, -0.1) is 0 Å². The summed E-state index contributed by atoms with van der Waals surface area (Å²) < 4.78 is 25.2. The Labute approximate surface area is 64.0 Å². The summed E-state index contributed by atoms with van der Waals surface area (Å²) in [5.74, 6) is 0. The molecule has 0 aliphatic carbocycles. The third kappa shape index (κ3) is 17.6. The van der Waals surface area contributed by atoms with Gasteiger partial charge >= 0.3 is 10.3 Å². The molecule has 1 aromatic rings. The number of nitrogens with two attached hydrogens (primary N) is 1. The van der Waals surface area contributed by atoms with Gasteiger partial charge in [0.25, 0.3) is 0 Å². The van der Waals surface area contributed by atoms with E-state index in [4.69, 9.17) is 13.0 Å². The molecule has 0 saturated heterocycles. The zero-order valence-electron chi connectivity index (χ0n) is 5.45. The van der Waals surface area contributed by atoms with Crippen molar-refractivity contribution in [1.82, 2.24) is 9.97 Å². The third-order valence-corrected chi connectivity index (χ3v) is 0.478. The fraction of sp³-hybridized carbons (Fsp3) is 0. The summed E-state index contributed by atoms with van der Waals surface area (Å²) >= 11 is 0. The number of rotatable bonds is 0. The lowest BCUT2D eigenvalue weighted by Crippen LogP contribution is -2.08. The number of hydrogen-bond acceptors (Lipinski definition) is 4. The minimum absolute atomic E-state index is 1.50. The third-order valence-electron chi connectivity index (χ3n) is 0.478. The second kappa shape index (κ2) is 4.72. The molecule has 6 nitrogen and oxygen atoms in total. The van der Waals surface area contributed by atoms with E-state index in [-0.39, 0.29) is 0 Å². The zero-order chi connectivity index (χ0) is 8.74. The molecule has 0 atom stereocenters. The Morgan fingerprint density at radius 2 is 1.64 bits per heavy atom. The molecule has 0 spiro atoms. The molecule has 3 N–H and O–H groups in total. The van der Waals surface area contributed by atoms with Crippen LogP contribution in [0.15, 0.2) is 24.8 Å². The molecule has 0 aliphatic rings. The standard InChI is InChI=1S/C4H4N2.H3NO3S/c1-2-5-4-6-3-1;1-5(2,3)4/h1-4H;(H3,1,2,3,4). The molecule has 1 heterocycles. The molecule has 0 saturated carbocycles. The molecule has 7 heteroatoms. The fourth-order valence-electron chi connectivity index (χ4n) is 0.253. The van der Waals surface area contributed by atoms with Gasteiger partial charge in [0, 0.05) is 12.4 Å². The minimum atomic E-state index is -4.17. The highest BCUT2D eigenvalue weighted by molar-refractivity contribution is 7.83. The molecule has 0 unspecified atom stereocenters. The van der Waals surface area contributed by atoms with Crippen molar-refractivity contribution < 1.29 is 13.0 Å². The Hall–Kier alpha value is -1.05. The highest BCUT2D eigenvalue weighted by Gasteiger charge is 1.81. The molecule has 1 rings (SSSR count). The Bertz CT molecular complexity index is 237. The van der Waals surface area contributed by atoms with Gasteiger partial charge in [-0.25, -0.2) is 15.1 Å². The van der Waals surface area contributed by atoms with E-state index in [2.05, 4.69) is 15.1 Å². The molecule has 0 radical (unpaired) electrons. The molecule has 0 amide bonds. The molecule has 11 heavy (non-hydrogen) atoms. The summed E-state index contributed by atoms with van der Waals surface area (Å²) in [6.07, 6.45) is 4.88. The monoisotopic (exact) mass is 177 g/mol. The maximum absolute atomic E-state index is 8.97. The quantitative estimate of drug-likeness (QED) is 0.506. The second-order valence-electron chi connectivity index (χ2n) is 1.42. The van der Waals surface area contributed by atoms with Gasteiger partial charge in [0.15, 0.2) is 0 Å². The summed E-state index contributed by atoms with van der Waals surface area (Å²) in [7, 11) is -4.17. The summed E-state index contributed by atoms with van der Waals surface area (Å²) in [6.45, 7) is 0. The lowest BCUT2D eigenvalue weighted by atomic mass is 10.7. The van der Waals surface area contributed by atoms with Crippen molar-refractivity contribution in [2.75, 3.05) is 0 Å². The van der Waals surface area contributed by atoms with Gasteiger partial charge in [-0.3, -0.25) is 4.55 Å². The Kier molecular flexibility index (Phi) is 4.27. The Balaban J connectivity index is 0.000000187. The van der Waals surface area contributed by atoms with E-state index in [0.717, 1.165) is 0 Å². The van der Waals surface area contributed by atoms with Crippen LogP contribution >= 0.6 is 0 Å². The van der Waals surface area contributed by atoms with Crippen LogP contribution in [0.3, 0.4) is 0 Å². The van der Waals surface area contributed by atoms with Crippen LogP contribution in [-0.4, -0.2) is 22.9 Å². The molecular formula is C4H7N3O3S. The lowest BCUT2D eigenvalue weighted by Gasteiger charge is -1.70. The van der Waals surface area contributed by atoms with Gasteiger partial charge in [0.2, 0.25) is 0 Å². The van der Waals surface area contributed by atoms with E-state index < -0.39 is 10.3 Å². The molecule has 1 aromatic heterocycles. The molecule has 0 aliphatic heterocycles. The van der Waals surface area contributed by atoms with Crippen LogP contribution in [0.2, 0.25) is 0 Å². The normalized spacial score (nSPS) is 9.64. The van der Waals surface area contributed by atoms with E-state index in [1.54, 1.807) is 18.5 Å². The summed E-state index contributed by atoms with van der Waals surface area (Å²) in [5.41, 5.74) is 0. The van der Waals surface area contributed by atoms with Crippen molar-refractivity contribution in [3.8, 4) is 0 Å². The highest BCUT2D eigenvalue weighted by Crippen LogP contribution is 1.66. The predicted molar refractivity (Wildman–Crippen MR) is 37.8 cm³/mol. The number of hydrogen-bond donors (Lipinski definition) is 2. The topological polar surface area (TPSA) is 106 Å². The first-order valence-corrected chi connectivity index (χ1v) is 3.95. The van der Waals surface area contributed by atoms with Crippen molar-refractivity contribution in [3.05, 3.63) is 24.8 Å². The van der Waals surface area contributed by atoms with Gasteiger partial charge in [-0.05, 0) is 6.07 Å². The lowest BCUT2D eigenvalue weighted by molar-refractivity contribution is 0.485. The largest absolute Gasteiger partial charge is 0.330 e. The van der Waals surface area contributed by atoms with Crippen LogP contribution in [0.4, 0.5) is 0 Å². The first kappa shape index (κ1) is 9.95. The average Bonchev–Trinajstić information content (AvgIpc) is 1.88. The predicted octanol–water partition coefficient (Wildman–Crippen LogP) is -0.775. The minimum Gasteiger partial charge on any atom is -0.274 e. The molecule has 0 bridgehead atoms.